The zero-order chi connectivity index (χ0) is 12.6. The molecule has 0 fully saturated rings. The Morgan fingerprint density at radius 1 is 1.29 bits per heavy atom. The van der Waals surface area contributed by atoms with Gasteiger partial charge in [0.15, 0.2) is 0 Å². The highest BCUT2D eigenvalue weighted by atomic mass is 15.1. The van der Waals surface area contributed by atoms with Crippen molar-refractivity contribution in [2.24, 2.45) is 0 Å². The summed E-state index contributed by atoms with van der Waals surface area (Å²) in [7, 11) is 0. The first-order chi connectivity index (χ1) is 7.94. The summed E-state index contributed by atoms with van der Waals surface area (Å²) in [5, 5.41) is 3.44. The molecule has 0 amide bonds. The Balaban J connectivity index is 2.55. The Morgan fingerprint density at radius 3 is 2.65 bits per heavy atom. The van der Waals surface area contributed by atoms with Gasteiger partial charge in [0, 0.05) is 0 Å². The van der Waals surface area contributed by atoms with Crippen molar-refractivity contribution >= 4 is 11.0 Å². The molecule has 0 atom stereocenters. The number of aryl methyl sites for hydroxylation is 2. The summed E-state index contributed by atoms with van der Waals surface area (Å²) < 4.78 is 0. The first-order valence-corrected chi connectivity index (χ1v) is 6.16. The molecule has 0 aliphatic rings. The molecular formula is C14H21N3. The van der Waals surface area contributed by atoms with Crippen LogP contribution in [0.15, 0.2) is 12.1 Å². The predicted octanol–water partition coefficient (Wildman–Crippen LogP) is 3.02. The van der Waals surface area contributed by atoms with Gasteiger partial charge in [0.1, 0.15) is 5.82 Å². The van der Waals surface area contributed by atoms with Crippen LogP contribution in [-0.2, 0) is 5.54 Å². The molecular weight excluding hydrogens is 210 g/mol. The average molecular weight is 231 g/mol. The maximum Gasteiger partial charge on any atom is 0.127 e. The zero-order valence-corrected chi connectivity index (χ0v) is 11.3. The average Bonchev–Trinajstić information content (AvgIpc) is 2.62. The number of aromatic amines is 1. The summed E-state index contributed by atoms with van der Waals surface area (Å²) in [5.41, 5.74) is 4.59. The van der Waals surface area contributed by atoms with Crippen molar-refractivity contribution in [3.63, 3.8) is 0 Å². The van der Waals surface area contributed by atoms with Crippen LogP contribution in [0.5, 0.6) is 0 Å². The number of hydrogen-bond donors (Lipinski definition) is 2. The summed E-state index contributed by atoms with van der Waals surface area (Å²) in [5.74, 6) is 1.00. The topological polar surface area (TPSA) is 40.7 Å². The van der Waals surface area contributed by atoms with Crippen molar-refractivity contribution in [1.29, 1.82) is 0 Å². The van der Waals surface area contributed by atoms with Gasteiger partial charge in [-0.25, -0.2) is 4.98 Å². The van der Waals surface area contributed by atoms with E-state index in [4.69, 9.17) is 4.98 Å². The van der Waals surface area contributed by atoms with E-state index >= 15 is 0 Å². The molecule has 92 valence electrons. The van der Waals surface area contributed by atoms with Crippen molar-refractivity contribution in [2.45, 2.75) is 40.2 Å². The minimum absolute atomic E-state index is 0.117. The van der Waals surface area contributed by atoms with Crippen molar-refractivity contribution < 1.29 is 0 Å². The van der Waals surface area contributed by atoms with E-state index in [0.29, 0.717) is 0 Å². The first-order valence-electron chi connectivity index (χ1n) is 6.16. The van der Waals surface area contributed by atoms with Crippen molar-refractivity contribution in [3.05, 3.63) is 29.1 Å². The van der Waals surface area contributed by atoms with E-state index in [-0.39, 0.29) is 5.54 Å². The standard InChI is InChI=1S/C14H21N3/c1-6-15-14(4,5)13-16-11-8-9(2)7-10(3)12(11)17-13/h7-8,15H,6H2,1-5H3,(H,16,17). The number of aromatic nitrogens is 2. The van der Waals surface area contributed by atoms with E-state index in [1.165, 1.54) is 11.1 Å². The van der Waals surface area contributed by atoms with Crippen LogP contribution in [0, 0.1) is 13.8 Å². The number of rotatable bonds is 3. The van der Waals surface area contributed by atoms with Gasteiger partial charge in [0.25, 0.3) is 0 Å². The fourth-order valence-electron chi connectivity index (χ4n) is 2.29. The van der Waals surface area contributed by atoms with Gasteiger partial charge >= 0.3 is 0 Å². The van der Waals surface area contributed by atoms with Crippen LogP contribution >= 0.6 is 0 Å². The zero-order valence-electron chi connectivity index (χ0n) is 11.3. The molecule has 0 unspecified atom stereocenters. The predicted molar refractivity (Wildman–Crippen MR) is 72.3 cm³/mol. The molecule has 0 saturated carbocycles. The highest BCUT2D eigenvalue weighted by Gasteiger charge is 2.23. The molecule has 0 saturated heterocycles. The summed E-state index contributed by atoms with van der Waals surface area (Å²) in [6.07, 6.45) is 0. The lowest BCUT2D eigenvalue weighted by molar-refractivity contribution is 0.395. The lowest BCUT2D eigenvalue weighted by atomic mass is 10.1. The van der Waals surface area contributed by atoms with E-state index < -0.39 is 0 Å². The van der Waals surface area contributed by atoms with Crippen LogP contribution in [0.25, 0.3) is 11.0 Å². The SMILES string of the molecule is CCNC(C)(C)c1nc2c(C)cc(C)cc2[nH]1. The number of imidazole rings is 1. The maximum absolute atomic E-state index is 4.73. The number of nitrogens with one attached hydrogen (secondary N) is 2. The third-order valence-electron chi connectivity index (χ3n) is 3.13. The molecule has 3 heteroatoms. The second-order valence-corrected chi connectivity index (χ2v) is 5.22. The summed E-state index contributed by atoms with van der Waals surface area (Å²) in [4.78, 5) is 8.15. The fourth-order valence-corrected chi connectivity index (χ4v) is 2.29. The first kappa shape index (κ1) is 12.1. The lowest BCUT2D eigenvalue weighted by Gasteiger charge is -2.22. The van der Waals surface area contributed by atoms with Crippen LogP contribution in [-0.4, -0.2) is 16.5 Å². The molecule has 1 aromatic carbocycles. The molecule has 17 heavy (non-hydrogen) atoms. The van der Waals surface area contributed by atoms with E-state index in [1.54, 1.807) is 0 Å². The molecule has 0 radical (unpaired) electrons. The smallest absolute Gasteiger partial charge is 0.127 e. The fraction of sp³-hybridized carbons (Fsp3) is 0.500. The Hall–Kier alpha value is -1.35. The monoisotopic (exact) mass is 231 g/mol. The second-order valence-electron chi connectivity index (χ2n) is 5.22. The molecule has 0 aliphatic carbocycles. The van der Waals surface area contributed by atoms with Gasteiger partial charge in [-0.1, -0.05) is 13.0 Å². The highest BCUT2D eigenvalue weighted by Crippen LogP contribution is 2.23. The van der Waals surface area contributed by atoms with Crippen LogP contribution < -0.4 is 5.32 Å². The molecule has 1 aromatic heterocycles. The summed E-state index contributed by atoms with van der Waals surface area (Å²) >= 11 is 0. The molecule has 2 aromatic rings. The minimum Gasteiger partial charge on any atom is -0.340 e. The Bertz CT molecular complexity index is 538. The van der Waals surface area contributed by atoms with Crippen LogP contribution in [0.1, 0.15) is 37.7 Å². The third-order valence-corrected chi connectivity index (χ3v) is 3.13. The molecule has 2 N–H and O–H groups in total. The van der Waals surface area contributed by atoms with Gasteiger partial charge in [-0.2, -0.15) is 0 Å². The van der Waals surface area contributed by atoms with Gasteiger partial charge in [0.2, 0.25) is 0 Å². The lowest BCUT2D eigenvalue weighted by Crippen LogP contribution is -2.37. The Labute approximate surface area is 103 Å². The van der Waals surface area contributed by atoms with Gasteiger partial charge < -0.3 is 10.3 Å². The van der Waals surface area contributed by atoms with Crippen LogP contribution in [0.3, 0.4) is 0 Å². The normalized spacial score (nSPS) is 12.3. The number of fused-ring (bicyclic) bond motifs is 1. The highest BCUT2D eigenvalue weighted by molar-refractivity contribution is 5.79. The summed E-state index contributed by atoms with van der Waals surface area (Å²) in [6.45, 7) is 11.6. The minimum atomic E-state index is -0.117. The van der Waals surface area contributed by atoms with Crippen molar-refractivity contribution in [3.8, 4) is 0 Å². The molecule has 1 heterocycles. The second kappa shape index (κ2) is 4.15. The van der Waals surface area contributed by atoms with Gasteiger partial charge in [-0.05, 0) is 51.4 Å². The van der Waals surface area contributed by atoms with Gasteiger partial charge in [-0.3, -0.25) is 0 Å². The molecule has 0 aliphatic heterocycles. The van der Waals surface area contributed by atoms with Crippen LogP contribution in [0.4, 0.5) is 0 Å². The molecule has 0 spiro atoms. The Morgan fingerprint density at radius 2 is 2.00 bits per heavy atom. The van der Waals surface area contributed by atoms with Crippen molar-refractivity contribution in [1.82, 2.24) is 15.3 Å². The van der Waals surface area contributed by atoms with Crippen LogP contribution in [0.2, 0.25) is 0 Å². The molecule has 3 nitrogen and oxygen atoms in total. The van der Waals surface area contributed by atoms with Gasteiger partial charge in [-0.15, -0.1) is 0 Å². The molecule has 0 bridgehead atoms. The van der Waals surface area contributed by atoms with E-state index in [1.807, 2.05) is 0 Å². The van der Waals surface area contributed by atoms with E-state index in [2.05, 4.69) is 57.1 Å². The number of hydrogen-bond acceptors (Lipinski definition) is 2. The van der Waals surface area contributed by atoms with E-state index in [9.17, 15) is 0 Å². The number of H-pyrrole nitrogens is 1. The quantitative estimate of drug-likeness (QED) is 0.852. The maximum atomic E-state index is 4.73. The Kier molecular flexibility index (Phi) is 2.96. The van der Waals surface area contributed by atoms with Gasteiger partial charge in [0.05, 0.1) is 16.6 Å². The largest absolute Gasteiger partial charge is 0.340 e. The number of benzene rings is 1. The van der Waals surface area contributed by atoms with Crippen molar-refractivity contribution in [2.75, 3.05) is 6.54 Å². The summed E-state index contributed by atoms with van der Waals surface area (Å²) in [6, 6.07) is 4.33. The number of nitrogens with zero attached hydrogens (tertiary/aromatic N) is 1. The third kappa shape index (κ3) is 2.20. The van der Waals surface area contributed by atoms with E-state index in [0.717, 1.165) is 23.4 Å². The molecule has 2 rings (SSSR count).